The number of rotatable bonds is 8. The summed E-state index contributed by atoms with van der Waals surface area (Å²) in [6, 6.07) is 0. The lowest BCUT2D eigenvalue weighted by Gasteiger charge is -2.57. The van der Waals surface area contributed by atoms with Gasteiger partial charge in [-0.05, 0) is 42.6 Å². The van der Waals surface area contributed by atoms with E-state index in [0.29, 0.717) is 24.8 Å². The van der Waals surface area contributed by atoms with Crippen molar-refractivity contribution in [2.45, 2.75) is 85.4 Å². The molecule has 0 aromatic rings. The molecule has 1 saturated carbocycles. The van der Waals surface area contributed by atoms with Crippen molar-refractivity contribution in [3.05, 3.63) is 36.5 Å². The van der Waals surface area contributed by atoms with Gasteiger partial charge in [0.2, 0.25) is 12.6 Å². The van der Waals surface area contributed by atoms with E-state index in [-0.39, 0.29) is 30.5 Å². The molecule has 0 amide bonds. The number of hydrogen-bond acceptors (Lipinski definition) is 8. The first-order chi connectivity index (χ1) is 16.4. The van der Waals surface area contributed by atoms with Gasteiger partial charge in [0.15, 0.2) is 0 Å². The van der Waals surface area contributed by atoms with Gasteiger partial charge in [-0.3, -0.25) is 23.9 Å². The Morgan fingerprint density at radius 2 is 1.86 bits per heavy atom. The summed E-state index contributed by atoms with van der Waals surface area (Å²) >= 11 is 0. The zero-order valence-electron chi connectivity index (χ0n) is 21.3. The van der Waals surface area contributed by atoms with Crippen LogP contribution in [0.15, 0.2) is 36.5 Å². The van der Waals surface area contributed by atoms with Gasteiger partial charge in [0.1, 0.15) is 17.3 Å². The number of esters is 3. The molecule has 3 aliphatic rings. The minimum absolute atomic E-state index is 0.0177. The molecule has 7 atom stereocenters. The van der Waals surface area contributed by atoms with Crippen molar-refractivity contribution in [2.24, 2.45) is 22.7 Å². The highest BCUT2D eigenvalue weighted by atomic mass is 16.8. The van der Waals surface area contributed by atoms with Crippen LogP contribution in [0.2, 0.25) is 0 Å². The molecule has 4 unspecified atom stereocenters. The molecule has 0 N–H and O–H groups in total. The van der Waals surface area contributed by atoms with Crippen LogP contribution in [0.5, 0.6) is 0 Å². The third-order valence-electron chi connectivity index (χ3n) is 8.00. The predicted molar refractivity (Wildman–Crippen MR) is 126 cm³/mol. The van der Waals surface area contributed by atoms with Gasteiger partial charge in [0, 0.05) is 32.3 Å². The summed E-state index contributed by atoms with van der Waals surface area (Å²) < 4.78 is 22.7. The van der Waals surface area contributed by atoms with Gasteiger partial charge in [-0.15, -0.1) is 0 Å². The molecule has 0 aromatic heterocycles. The van der Waals surface area contributed by atoms with Gasteiger partial charge in [0.25, 0.3) is 0 Å². The Morgan fingerprint density at radius 1 is 1.20 bits per heavy atom. The minimum Gasteiger partial charge on any atom is -0.458 e. The number of ketones is 1. The first-order valence-electron chi connectivity index (χ1n) is 12.1. The van der Waals surface area contributed by atoms with Gasteiger partial charge in [0.05, 0.1) is 0 Å². The monoisotopic (exact) mass is 488 g/mol. The number of ether oxygens (including phenoxy) is 4. The van der Waals surface area contributed by atoms with Gasteiger partial charge in [-0.25, -0.2) is 0 Å². The van der Waals surface area contributed by atoms with Crippen molar-refractivity contribution in [3.8, 4) is 0 Å². The van der Waals surface area contributed by atoms with E-state index in [1.807, 2.05) is 6.92 Å². The maximum absolute atomic E-state index is 13.9. The molecule has 1 saturated heterocycles. The van der Waals surface area contributed by atoms with Gasteiger partial charge >= 0.3 is 17.9 Å². The summed E-state index contributed by atoms with van der Waals surface area (Å²) in [6.45, 7) is 16.2. The van der Waals surface area contributed by atoms with Crippen LogP contribution in [0, 0.1) is 22.7 Å². The van der Waals surface area contributed by atoms with Crippen LogP contribution >= 0.6 is 0 Å². The lowest BCUT2D eigenvalue weighted by atomic mass is 9.45. The van der Waals surface area contributed by atoms with E-state index in [1.165, 1.54) is 13.8 Å². The zero-order valence-corrected chi connectivity index (χ0v) is 21.3. The summed E-state index contributed by atoms with van der Waals surface area (Å²) in [6.07, 6.45) is 2.35. The normalized spacial score (nSPS) is 35.7. The van der Waals surface area contributed by atoms with Crippen LogP contribution in [0.25, 0.3) is 0 Å². The smallest absolute Gasteiger partial charge is 0.306 e. The molecule has 0 aromatic carbocycles. The molecule has 2 aliphatic carbocycles. The van der Waals surface area contributed by atoms with Crippen LogP contribution in [0.4, 0.5) is 0 Å². The molecule has 1 spiro atoms. The van der Waals surface area contributed by atoms with Crippen molar-refractivity contribution in [2.75, 3.05) is 0 Å². The van der Waals surface area contributed by atoms with Gasteiger partial charge < -0.3 is 14.2 Å². The van der Waals surface area contributed by atoms with Crippen LogP contribution < -0.4 is 0 Å². The number of allylic oxidation sites excluding steroid dienone is 2. The third-order valence-corrected chi connectivity index (χ3v) is 8.00. The van der Waals surface area contributed by atoms with Crippen molar-refractivity contribution >= 4 is 23.7 Å². The molecule has 8 heteroatoms. The second kappa shape index (κ2) is 10.1. The van der Waals surface area contributed by atoms with Crippen molar-refractivity contribution < 1.29 is 38.1 Å². The molecule has 0 radical (unpaired) electrons. The second-order valence-corrected chi connectivity index (χ2v) is 10.1. The highest BCUT2D eigenvalue weighted by Gasteiger charge is 2.71. The molecular formula is C27H36O8. The molecule has 8 nitrogen and oxygen atoms in total. The van der Waals surface area contributed by atoms with E-state index in [9.17, 15) is 19.2 Å². The summed E-state index contributed by atoms with van der Waals surface area (Å²) in [5.41, 5.74) is -0.530. The van der Waals surface area contributed by atoms with E-state index < -0.39 is 47.4 Å². The van der Waals surface area contributed by atoms with E-state index in [1.54, 1.807) is 19.1 Å². The lowest BCUT2D eigenvalue weighted by Crippen LogP contribution is -2.61. The Morgan fingerprint density at radius 3 is 2.43 bits per heavy atom. The number of carbonyl (C=O) groups excluding carboxylic acids is 4. The summed E-state index contributed by atoms with van der Waals surface area (Å²) in [5.74, 6) is -2.17. The SMILES string of the molecule is C=CC(=C)CCC1(C)C(C)CC(=O)C23C(=C[C@H](OC(=O)CC)CC12)[C@@H](OC(C)=O)O[C@H]3OC(C)=O. The van der Waals surface area contributed by atoms with Crippen molar-refractivity contribution in [1.82, 2.24) is 0 Å². The Balaban J connectivity index is 2.21. The summed E-state index contributed by atoms with van der Waals surface area (Å²) in [5, 5.41) is 0. The highest BCUT2D eigenvalue weighted by Crippen LogP contribution is 2.66. The van der Waals surface area contributed by atoms with Crippen molar-refractivity contribution in [1.29, 1.82) is 0 Å². The molecule has 1 aliphatic heterocycles. The fourth-order valence-corrected chi connectivity index (χ4v) is 5.99. The standard InChI is InChI=1S/C27H36O8/c1-8-15(3)10-11-26(7)16(4)12-22(30)27-20(13-19(14-21(26)27)34-23(31)9-2)24(32-17(5)28)35-25(27)33-18(6)29/h8,13,16,19,21,24-25H,1,3,9-12,14H2,2,4-7H3/t16?,19-,21?,24-,25+,26?,27?/m0/s1. The van der Waals surface area contributed by atoms with Crippen LogP contribution in [0.1, 0.15) is 66.7 Å². The minimum atomic E-state index is -1.35. The molecule has 35 heavy (non-hydrogen) atoms. The number of carbonyl (C=O) groups is 4. The average molecular weight is 489 g/mol. The average Bonchev–Trinajstić information content (AvgIpc) is 3.07. The fraction of sp³-hybridized carbons (Fsp3) is 0.630. The quantitative estimate of drug-likeness (QED) is 0.217. The first-order valence-corrected chi connectivity index (χ1v) is 12.1. The highest BCUT2D eigenvalue weighted by molar-refractivity contribution is 5.92. The summed E-state index contributed by atoms with van der Waals surface area (Å²) in [4.78, 5) is 50.1. The van der Waals surface area contributed by atoms with Crippen LogP contribution in [-0.4, -0.2) is 42.4 Å². The largest absolute Gasteiger partial charge is 0.458 e. The van der Waals surface area contributed by atoms with Crippen LogP contribution in [-0.2, 0) is 38.1 Å². The molecule has 0 bridgehead atoms. The fourth-order valence-electron chi connectivity index (χ4n) is 5.99. The number of hydrogen-bond donors (Lipinski definition) is 0. The second-order valence-electron chi connectivity index (χ2n) is 10.1. The van der Waals surface area contributed by atoms with E-state index in [4.69, 9.17) is 18.9 Å². The molecule has 192 valence electrons. The van der Waals surface area contributed by atoms with Gasteiger partial charge in [-0.2, -0.15) is 0 Å². The zero-order chi connectivity index (χ0) is 26.1. The lowest BCUT2D eigenvalue weighted by molar-refractivity contribution is -0.231. The Hall–Kier alpha value is -2.74. The van der Waals surface area contributed by atoms with E-state index in [2.05, 4.69) is 20.1 Å². The Labute approximate surface area is 206 Å². The Kier molecular flexibility index (Phi) is 7.74. The maximum atomic E-state index is 13.9. The first kappa shape index (κ1) is 26.9. The maximum Gasteiger partial charge on any atom is 0.306 e. The number of Topliss-reactive ketones (excluding diaryl/α,β-unsaturated/α-hetero) is 1. The van der Waals surface area contributed by atoms with Gasteiger partial charge in [-0.1, -0.05) is 45.6 Å². The molecule has 1 heterocycles. The third kappa shape index (κ3) is 4.73. The summed E-state index contributed by atoms with van der Waals surface area (Å²) in [7, 11) is 0. The topological polar surface area (TPSA) is 105 Å². The molecule has 3 rings (SSSR count). The predicted octanol–water partition coefficient (Wildman–Crippen LogP) is 4.19. The van der Waals surface area contributed by atoms with Crippen LogP contribution in [0.3, 0.4) is 0 Å². The molecule has 2 fully saturated rings. The van der Waals surface area contributed by atoms with E-state index in [0.717, 1.165) is 5.57 Å². The Bertz CT molecular complexity index is 964. The molecular weight excluding hydrogens is 452 g/mol. The van der Waals surface area contributed by atoms with E-state index >= 15 is 0 Å². The van der Waals surface area contributed by atoms with Crippen molar-refractivity contribution in [3.63, 3.8) is 0 Å².